The Bertz CT molecular complexity index is 647. The Morgan fingerprint density at radius 1 is 1.33 bits per heavy atom. The van der Waals surface area contributed by atoms with E-state index in [0.717, 1.165) is 16.0 Å². The Balaban J connectivity index is 2.57. The van der Waals surface area contributed by atoms with Crippen molar-refractivity contribution >= 4 is 45.6 Å². The van der Waals surface area contributed by atoms with Crippen LogP contribution in [0, 0.1) is 3.57 Å². The maximum Gasteiger partial charge on any atom is 0.350 e. The zero-order chi connectivity index (χ0) is 15.6. The van der Waals surface area contributed by atoms with Gasteiger partial charge in [-0.15, -0.1) is 11.3 Å². The van der Waals surface area contributed by atoms with Gasteiger partial charge in [-0.1, -0.05) is 26.0 Å². The van der Waals surface area contributed by atoms with Gasteiger partial charge in [0.1, 0.15) is 4.88 Å². The predicted octanol–water partition coefficient (Wildman–Crippen LogP) is 4.90. The van der Waals surface area contributed by atoms with Crippen LogP contribution < -0.4 is 5.73 Å². The van der Waals surface area contributed by atoms with E-state index in [2.05, 4.69) is 60.7 Å². The number of esters is 1. The zero-order valence-electron chi connectivity index (χ0n) is 12.3. The first-order valence-electron chi connectivity index (χ1n) is 6.80. The Hall–Kier alpha value is -1.08. The van der Waals surface area contributed by atoms with Gasteiger partial charge in [0.2, 0.25) is 0 Å². The molecule has 2 aromatic rings. The minimum Gasteiger partial charge on any atom is -0.462 e. The van der Waals surface area contributed by atoms with E-state index in [9.17, 15) is 4.79 Å². The van der Waals surface area contributed by atoms with Crippen molar-refractivity contribution < 1.29 is 9.53 Å². The fourth-order valence-corrected chi connectivity index (χ4v) is 3.83. The summed E-state index contributed by atoms with van der Waals surface area (Å²) < 4.78 is 6.28. The van der Waals surface area contributed by atoms with Crippen molar-refractivity contribution in [2.45, 2.75) is 26.7 Å². The fourth-order valence-electron chi connectivity index (χ4n) is 2.19. The molecule has 2 rings (SSSR count). The molecule has 3 nitrogen and oxygen atoms in total. The number of halogens is 1. The van der Waals surface area contributed by atoms with E-state index in [1.165, 1.54) is 14.9 Å². The summed E-state index contributed by atoms with van der Waals surface area (Å²) in [5.41, 5.74) is 8.89. The van der Waals surface area contributed by atoms with Crippen molar-refractivity contribution in [3.8, 4) is 10.4 Å². The van der Waals surface area contributed by atoms with Crippen LogP contribution in [0.2, 0.25) is 0 Å². The first kappa shape index (κ1) is 16.3. The van der Waals surface area contributed by atoms with Gasteiger partial charge in [0.15, 0.2) is 0 Å². The molecule has 0 saturated heterocycles. The molecule has 1 aromatic carbocycles. The molecular formula is C16H18INO2S. The van der Waals surface area contributed by atoms with Crippen molar-refractivity contribution in [1.29, 1.82) is 0 Å². The monoisotopic (exact) mass is 415 g/mol. The number of carbonyl (C=O) groups is 1. The molecule has 0 saturated carbocycles. The molecule has 112 valence electrons. The summed E-state index contributed by atoms with van der Waals surface area (Å²) in [6.45, 7) is 6.32. The molecule has 1 aromatic heterocycles. The van der Waals surface area contributed by atoms with Gasteiger partial charge in [0, 0.05) is 8.45 Å². The minimum absolute atomic E-state index is 0.249. The van der Waals surface area contributed by atoms with E-state index in [4.69, 9.17) is 10.5 Å². The summed E-state index contributed by atoms with van der Waals surface area (Å²) in [6.07, 6.45) is 0. The molecule has 21 heavy (non-hydrogen) atoms. The highest BCUT2D eigenvalue weighted by molar-refractivity contribution is 14.1. The van der Waals surface area contributed by atoms with Crippen LogP contribution in [-0.2, 0) is 4.74 Å². The number of nitrogen functional groups attached to an aromatic ring is 1. The Kier molecular flexibility index (Phi) is 5.27. The van der Waals surface area contributed by atoms with Crippen molar-refractivity contribution in [2.75, 3.05) is 12.3 Å². The lowest BCUT2D eigenvalue weighted by molar-refractivity contribution is 0.0533. The van der Waals surface area contributed by atoms with Gasteiger partial charge in [-0.2, -0.15) is 0 Å². The average molecular weight is 415 g/mol. The van der Waals surface area contributed by atoms with Gasteiger partial charge in [0.25, 0.3) is 0 Å². The predicted molar refractivity (Wildman–Crippen MR) is 96.9 cm³/mol. The van der Waals surface area contributed by atoms with Crippen LogP contribution in [-0.4, -0.2) is 12.6 Å². The summed E-state index contributed by atoms with van der Waals surface area (Å²) in [5, 5.41) is 0. The van der Waals surface area contributed by atoms with Crippen LogP contribution in [0.4, 0.5) is 5.69 Å². The topological polar surface area (TPSA) is 52.3 Å². The molecule has 0 fully saturated rings. The number of thiophene rings is 1. The molecule has 5 heteroatoms. The Labute approximate surface area is 142 Å². The molecule has 2 N–H and O–H groups in total. The Morgan fingerprint density at radius 3 is 2.48 bits per heavy atom. The molecule has 0 radical (unpaired) electrons. The fraction of sp³-hybridized carbons (Fsp3) is 0.312. The molecular weight excluding hydrogens is 397 g/mol. The first-order chi connectivity index (χ1) is 9.95. The normalized spacial score (nSPS) is 10.9. The van der Waals surface area contributed by atoms with Gasteiger partial charge in [-0.3, -0.25) is 0 Å². The third-order valence-electron chi connectivity index (χ3n) is 3.13. The van der Waals surface area contributed by atoms with E-state index in [0.29, 0.717) is 17.2 Å². The van der Waals surface area contributed by atoms with Gasteiger partial charge in [-0.25, -0.2) is 4.79 Å². The molecule has 0 aliphatic rings. The van der Waals surface area contributed by atoms with Gasteiger partial charge < -0.3 is 10.5 Å². The minimum atomic E-state index is -0.335. The third kappa shape index (κ3) is 3.40. The summed E-state index contributed by atoms with van der Waals surface area (Å²) >= 11 is 3.70. The van der Waals surface area contributed by atoms with E-state index < -0.39 is 0 Å². The molecule has 0 amide bonds. The lowest BCUT2D eigenvalue weighted by atomic mass is 9.98. The number of ether oxygens (including phenoxy) is 1. The summed E-state index contributed by atoms with van der Waals surface area (Å²) in [7, 11) is 0. The van der Waals surface area contributed by atoms with Crippen molar-refractivity contribution in [2.24, 2.45) is 0 Å². The molecule has 0 aliphatic heterocycles. The van der Waals surface area contributed by atoms with E-state index in [-0.39, 0.29) is 11.9 Å². The number of rotatable bonds is 4. The number of anilines is 1. The highest BCUT2D eigenvalue weighted by Gasteiger charge is 2.24. The second kappa shape index (κ2) is 6.79. The second-order valence-electron chi connectivity index (χ2n) is 4.97. The maximum atomic E-state index is 12.0. The highest BCUT2D eigenvalue weighted by atomic mass is 127. The summed E-state index contributed by atoms with van der Waals surface area (Å²) in [6, 6.07) is 8.24. The summed E-state index contributed by atoms with van der Waals surface area (Å²) in [5.74, 6) is -0.0858. The average Bonchev–Trinajstić information content (AvgIpc) is 2.77. The van der Waals surface area contributed by atoms with Crippen LogP contribution >= 0.6 is 33.9 Å². The molecule has 0 aliphatic carbocycles. The molecule has 0 atom stereocenters. The number of carbonyl (C=O) groups excluding carboxylic acids is 1. The highest BCUT2D eigenvalue weighted by Crippen LogP contribution is 2.43. The van der Waals surface area contributed by atoms with Crippen LogP contribution in [0.1, 0.15) is 41.9 Å². The summed E-state index contributed by atoms with van der Waals surface area (Å²) in [4.78, 5) is 13.6. The molecule has 1 heterocycles. The van der Waals surface area contributed by atoms with Crippen LogP contribution in [0.5, 0.6) is 0 Å². The quantitative estimate of drug-likeness (QED) is 0.571. The van der Waals surface area contributed by atoms with Crippen LogP contribution in [0.25, 0.3) is 10.4 Å². The number of benzene rings is 1. The third-order valence-corrected chi connectivity index (χ3v) is 5.10. The van der Waals surface area contributed by atoms with Gasteiger partial charge >= 0.3 is 5.97 Å². The standard InChI is InChI=1S/C16H18INO2S/c1-4-20-16(19)15-13(18)12(9(2)3)14(21-15)10-5-7-11(17)8-6-10/h5-9H,4,18H2,1-3H3. The van der Waals surface area contributed by atoms with Crippen LogP contribution in [0.3, 0.4) is 0 Å². The van der Waals surface area contributed by atoms with Crippen molar-refractivity contribution in [1.82, 2.24) is 0 Å². The molecule has 0 spiro atoms. The van der Waals surface area contributed by atoms with E-state index in [1.54, 1.807) is 6.92 Å². The zero-order valence-corrected chi connectivity index (χ0v) is 15.2. The van der Waals surface area contributed by atoms with Crippen molar-refractivity contribution in [3.63, 3.8) is 0 Å². The van der Waals surface area contributed by atoms with Gasteiger partial charge in [0.05, 0.1) is 12.3 Å². The Morgan fingerprint density at radius 2 is 1.95 bits per heavy atom. The largest absolute Gasteiger partial charge is 0.462 e. The van der Waals surface area contributed by atoms with E-state index in [1.807, 2.05) is 0 Å². The smallest absolute Gasteiger partial charge is 0.350 e. The van der Waals surface area contributed by atoms with E-state index >= 15 is 0 Å². The maximum absolute atomic E-state index is 12.0. The van der Waals surface area contributed by atoms with Gasteiger partial charge in [-0.05, 0) is 58.7 Å². The molecule has 0 unspecified atom stereocenters. The van der Waals surface area contributed by atoms with Crippen molar-refractivity contribution in [3.05, 3.63) is 38.3 Å². The number of hydrogen-bond donors (Lipinski definition) is 1. The lowest BCUT2D eigenvalue weighted by Crippen LogP contribution is -2.06. The van der Waals surface area contributed by atoms with Crippen LogP contribution in [0.15, 0.2) is 24.3 Å². The first-order valence-corrected chi connectivity index (χ1v) is 8.70. The number of hydrogen-bond acceptors (Lipinski definition) is 4. The SMILES string of the molecule is CCOC(=O)c1sc(-c2ccc(I)cc2)c(C(C)C)c1N. The lowest BCUT2D eigenvalue weighted by Gasteiger charge is -2.09. The second-order valence-corrected chi connectivity index (χ2v) is 7.24. The molecule has 0 bridgehead atoms. The number of nitrogens with two attached hydrogens (primary N) is 1.